The first-order valence-corrected chi connectivity index (χ1v) is 17.6. The number of amides is 2. The molecular formula is C34H43Cl2N5O4S. The van der Waals surface area contributed by atoms with E-state index in [4.69, 9.17) is 43.5 Å². The molecule has 3 heterocycles. The molecule has 5 rings (SSSR count). The van der Waals surface area contributed by atoms with Gasteiger partial charge in [0, 0.05) is 92.6 Å². The Hall–Kier alpha value is -2.63. The van der Waals surface area contributed by atoms with E-state index < -0.39 is 0 Å². The first kappa shape index (κ1) is 34.7. The van der Waals surface area contributed by atoms with Crippen molar-refractivity contribution in [3.05, 3.63) is 57.1 Å². The molecule has 3 aliphatic rings. The number of carbonyl (C=O) groups is 2. The molecule has 0 unspecified atom stereocenters. The van der Waals surface area contributed by atoms with Crippen molar-refractivity contribution in [1.29, 1.82) is 10.8 Å². The van der Waals surface area contributed by atoms with Gasteiger partial charge in [-0.2, -0.15) is 0 Å². The number of nitrogens with zero attached hydrogens (tertiary/aromatic N) is 2. The minimum absolute atomic E-state index is 0.0243. The van der Waals surface area contributed by atoms with Crippen LogP contribution in [0.15, 0.2) is 30.3 Å². The van der Waals surface area contributed by atoms with E-state index in [1.165, 1.54) is 0 Å². The van der Waals surface area contributed by atoms with Gasteiger partial charge in [-0.1, -0.05) is 61.8 Å². The summed E-state index contributed by atoms with van der Waals surface area (Å²) in [6.45, 7) is 10.4. The highest BCUT2D eigenvalue weighted by Gasteiger charge is 2.29. The minimum Gasteiger partial charge on any atom is -0.457 e. The van der Waals surface area contributed by atoms with Crippen LogP contribution in [-0.2, 0) is 16.1 Å². The van der Waals surface area contributed by atoms with Crippen LogP contribution in [0.25, 0.3) is 0 Å². The molecule has 0 spiro atoms. The zero-order valence-electron chi connectivity index (χ0n) is 26.7. The summed E-state index contributed by atoms with van der Waals surface area (Å²) in [5.74, 6) is 0.942. The predicted octanol–water partition coefficient (Wildman–Crippen LogP) is 7.22. The molecule has 0 bridgehead atoms. The van der Waals surface area contributed by atoms with Crippen molar-refractivity contribution >= 4 is 56.9 Å². The van der Waals surface area contributed by atoms with Crippen LogP contribution in [-0.4, -0.2) is 76.6 Å². The van der Waals surface area contributed by atoms with Gasteiger partial charge < -0.3 is 24.6 Å². The lowest BCUT2D eigenvalue weighted by atomic mass is 9.99. The lowest BCUT2D eigenvalue weighted by Crippen LogP contribution is -2.49. The Morgan fingerprint density at radius 2 is 1.76 bits per heavy atom. The number of ether oxygens (including phenoxy) is 2. The van der Waals surface area contributed by atoms with Gasteiger partial charge in [0.25, 0.3) is 5.91 Å². The van der Waals surface area contributed by atoms with Gasteiger partial charge in [-0.05, 0) is 43.7 Å². The van der Waals surface area contributed by atoms with Gasteiger partial charge in [0.1, 0.15) is 16.5 Å². The molecule has 46 heavy (non-hydrogen) atoms. The smallest absolute Gasteiger partial charge is 0.251 e. The highest BCUT2D eigenvalue weighted by Crippen LogP contribution is 2.37. The van der Waals surface area contributed by atoms with Crippen LogP contribution >= 0.6 is 35.0 Å². The van der Waals surface area contributed by atoms with Gasteiger partial charge in [0.05, 0.1) is 15.1 Å². The van der Waals surface area contributed by atoms with Gasteiger partial charge in [-0.15, -0.1) is 0 Å². The molecule has 3 aliphatic heterocycles. The van der Waals surface area contributed by atoms with Crippen LogP contribution in [0.3, 0.4) is 0 Å². The molecule has 0 aromatic heterocycles. The molecule has 2 aromatic rings. The van der Waals surface area contributed by atoms with E-state index in [2.05, 4.69) is 17.1 Å². The predicted molar refractivity (Wildman–Crippen MR) is 185 cm³/mol. The van der Waals surface area contributed by atoms with Crippen LogP contribution in [0, 0.1) is 22.7 Å². The lowest BCUT2D eigenvalue weighted by molar-refractivity contribution is -0.128. The largest absolute Gasteiger partial charge is 0.457 e. The Morgan fingerprint density at radius 1 is 1.09 bits per heavy atom. The summed E-state index contributed by atoms with van der Waals surface area (Å²) in [6.07, 6.45) is 4.43. The Labute approximate surface area is 285 Å². The summed E-state index contributed by atoms with van der Waals surface area (Å²) >= 11 is 14.2. The number of carbonyl (C=O) groups excluding carboxylic acids is 2. The third-order valence-electron chi connectivity index (χ3n) is 8.88. The van der Waals surface area contributed by atoms with Crippen molar-refractivity contribution in [2.45, 2.75) is 71.5 Å². The normalized spacial score (nSPS) is 19.9. The summed E-state index contributed by atoms with van der Waals surface area (Å²) < 4.78 is 11.9. The number of likely N-dealkylation sites (tertiary alicyclic amines) is 2. The number of hydrogen-bond donors (Lipinski definition) is 3. The molecule has 3 fully saturated rings. The Balaban J connectivity index is 1.33. The standard InChI is InChI=1S/C34H43Cl2N5O4S/c1-20(2)32(37)46-33(38)31-27(35)16-26(17-28(31)36)45-29-15-22(4-5-23(29)19-41-18-21(3)14-30(41)42)34(43)39-24-6-10-40(11-7-24)25-8-12-44-13-9-25/h4-5,15-17,20-21,24-25,37-38H,6-14,18-19H2,1-3H3,(H,39,43)/t21-/m0/s1. The molecule has 9 nitrogen and oxygen atoms in total. The van der Waals surface area contributed by atoms with E-state index in [1.54, 1.807) is 24.3 Å². The lowest BCUT2D eigenvalue weighted by Gasteiger charge is -2.39. The molecule has 248 valence electrons. The maximum atomic E-state index is 13.5. The van der Waals surface area contributed by atoms with Crippen LogP contribution in [0.1, 0.15) is 74.4 Å². The Kier molecular flexibility index (Phi) is 11.7. The van der Waals surface area contributed by atoms with Gasteiger partial charge in [0.15, 0.2) is 0 Å². The number of piperidine rings is 1. The van der Waals surface area contributed by atoms with Crippen molar-refractivity contribution in [1.82, 2.24) is 15.1 Å². The van der Waals surface area contributed by atoms with Crippen molar-refractivity contribution in [3.8, 4) is 11.5 Å². The monoisotopic (exact) mass is 687 g/mol. The molecule has 3 N–H and O–H groups in total. The maximum absolute atomic E-state index is 13.5. The topological polar surface area (TPSA) is 119 Å². The highest BCUT2D eigenvalue weighted by atomic mass is 35.5. The second-order valence-corrected chi connectivity index (χ2v) is 14.7. The fourth-order valence-corrected chi connectivity index (χ4v) is 7.75. The molecular weight excluding hydrogens is 645 g/mol. The second-order valence-electron chi connectivity index (χ2n) is 12.8. The van der Waals surface area contributed by atoms with E-state index in [1.807, 2.05) is 24.8 Å². The third-order valence-corrected chi connectivity index (χ3v) is 10.6. The molecule has 0 saturated carbocycles. The third kappa shape index (κ3) is 8.63. The van der Waals surface area contributed by atoms with Crippen LogP contribution in [0.4, 0.5) is 0 Å². The van der Waals surface area contributed by atoms with Crippen molar-refractivity contribution in [3.63, 3.8) is 0 Å². The van der Waals surface area contributed by atoms with E-state index in [9.17, 15) is 9.59 Å². The van der Waals surface area contributed by atoms with Gasteiger partial charge in [-0.25, -0.2) is 0 Å². The number of hydrogen-bond acceptors (Lipinski definition) is 8. The SMILES string of the molecule is CC(C)C(=N)SC(=N)c1c(Cl)cc(Oc2cc(C(=O)NC3CCN(C4CCOCC4)CC3)ccc2CN2C[C@@H](C)CC2=O)cc1Cl. The fraction of sp³-hybridized carbons (Fsp3) is 0.529. The molecule has 2 aromatic carbocycles. The quantitative estimate of drug-likeness (QED) is 0.189. The summed E-state index contributed by atoms with van der Waals surface area (Å²) in [5.41, 5.74) is 1.55. The summed E-state index contributed by atoms with van der Waals surface area (Å²) in [7, 11) is 0. The molecule has 1 atom stereocenters. The summed E-state index contributed by atoms with van der Waals surface area (Å²) in [4.78, 5) is 30.4. The molecule has 3 saturated heterocycles. The summed E-state index contributed by atoms with van der Waals surface area (Å²) in [6, 6.07) is 9.16. The Morgan fingerprint density at radius 3 is 2.37 bits per heavy atom. The number of nitrogens with one attached hydrogen (secondary N) is 3. The molecule has 2 amide bonds. The first-order valence-electron chi connectivity index (χ1n) is 16.0. The average molecular weight is 689 g/mol. The maximum Gasteiger partial charge on any atom is 0.251 e. The number of benzene rings is 2. The zero-order chi connectivity index (χ0) is 33.0. The van der Waals surface area contributed by atoms with Gasteiger partial charge in [-0.3, -0.25) is 20.4 Å². The average Bonchev–Trinajstić information content (AvgIpc) is 3.34. The van der Waals surface area contributed by atoms with Gasteiger partial charge >= 0.3 is 0 Å². The molecule has 0 radical (unpaired) electrons. The van der Waals surface area contributed by atoms with Crippen molar-refractivity contribution in [2.75, 3.05) is 32.8 Å². The number of halogens is 2. The summed E-state index contributed by atoms with van der Waals surface area (Å²) in [5, 5.41) is 20.7. The van der Waals surface area contributed by atoms with E-state index in [0.29, 0.717) is 53.2 Å². The van der Waals surface area contributed by atoms with Crippen LogP contribution < -0.4 is 10.1 Å². The molecule has 12 heteroatoms. The molecule has 0 aliphatic carbocycles. The first-order chi connectivity index (χ1) is 22.0. The van der Waals surface area contributed by atoms with E-state index >= 15 is 0 Å². The van der Waals surface area contributed by atoms with Gasteiger partial charge in [0.2, 0.25) is 5.91 Å². The minimum atomic E-state index is -0.170. The van der Waals surface area contributed by atoms with Crippen LogP contribution in [0.5, 0.6) is 11.5 Å². The highest BCUT2D eigenvalue weighted by molar-refractivity contribution is 8.26. The number of rotatable bonds is 9. The van der Waals surface area contributed by atoms with E-state index in [0.717, 1.165) is 69.3 Å². The van der Waals surface area contributed by atoms with Crippen molar-refractivity contribution < 1.29 is 19.1 Å². The zero-order valence-corrected chi connectivity index (χ0v) is 29.0. The fourth-order valence-electron chi connectivity index (χ4n) is 6.21. The van der Waals surface area contributed by atoms with Crippen LogP contribution in [0.2, 0.25) is 10.0 Å². The second kappa shape index (κ2) is 15.5. The van der Waals surface area contributed by atoms with E-state index in [-0.39, 0.29) is 44.8 Å². The van der Waals surface area contributed by atoms with Crippen molar-refractivity contribution in [2.24, 2.45) is 11.8 Å². The number of thioether (sulfide) groups is 1. The Bertz CT molecular complexity index is 1450.